The lowest BCUT2D eigenvalue weighted by Gasteiger charge is -2.29. The van der Waals surface area contributed by atoms with Crippen LogP contribution in [0.25, 0.3) is 0 Å². The molecule has 1 atom stereocenters. The molecule has 0 aliphatic heterocycles. The summed E-state index contributed by atoms with van der Waals surface area (Å²) in [5, 5.41) is 3.29. The van der Waals surface area contributed by atoms with Crippen molar-refractivity contribution in [2.75, 3.05) is 11.9 Å². The Morgan fingerprint density at radius 3 is 2.57 bits per heavy atom. The number of carbonyl (C=O) groups is 1. The first-order valence-electron chi connectivity index (χ1n) is 7.00. The number of nitrogens with zero attached hydrogens (tertiary/aromatic N) is 1. The molecule has 0 bridgehead atoms. The predicted octanol–water partition coefficient (Wildman–Crippen LogP) is 3.28. The van der Waals surface area contributed by atoms with Gasteiger partial charge in [0, 0.05) is 11.9 Å². The SMILES string of the molecule is CCOC(=O)C(C)(Nc1ccccc1C)c1ccccn1. The summed E-state index contributed by atoms with van der Waals surface area (Å²) in [6, 6.07) is 13.3. The molecule has 0 fully saturated rings. The van der Waals surface area contributed by atoms with Crippen LogP contribution in [0.5, 0.6) is 0 Å². The lowest BCUT2D eigenvalue weighted by molar-refractivity contribution is -0.148. The van der Waals surface area contributed by atoms with Gasteiger partial charge in [-0.05, 0) is 44.5 Å². The van der Waals surface area contributed by atoms with Gasteiger partial charge in [0.1, 0.15) is 0 Å². The van der Waals surface area contributed by atoms with Gasteiger partial charge in [-0.15, -0.1) is 0 Å². The zero-order valence-corrected chi connectivity index (χ0v) is 12.6. The normalized spacial score (nSPS) is 13.3. The van der Waals surface area contributed by atoms with Crippen molar-refractivity contribution in [2.45, 2.75) is 26.3 Å². The zero-order valence-electron chi connectivity index (χ0n) is 12.6. The van der Waals surface area contributed by atoms with E-state index < -0.39 is 5.54 Å². The highest BCUT2D eigenvalue weighted by Gasteiger charge is 2.38. The van der Waals surface area contributed by atoms with Gasteiger partial charge in [-0.2, -0.15) is 0 Å². The molecule has 0 amide bonds. The van der Waals surface area contributed by atoms with E-state index in [4.69, 9.17) is 4.74 Å². The molecule has 21 heavy (non-hydrogen) atoms. The third-order valence-electron chi connectivity index (χ3n) is 3.39. The molecule has 0 aliphatic carbocycles. The van der Waals surface area contributed by atoms with Crippen LogP contribution in [0.15, 0.2) is 48.7 Å². The fraction of sp³-hybridized carbons (Fsp3) is 0.294. The number of aromatic nitrogens is 1. The minimum atomic E-state index is -1.02. The molecular weight excluding hydrogens is 264 g/mol. The van der Waals surface area contributed by atoms with Gasteiger partial charge < -0.3 is 10.1 Å². The summed E-state index contributed by atoms with van der Waals surface area (Å²) in [7, 11) is 0. The molecule has 4 nitrogen and oxygen atoms in total. The molecule has 0 spiro atoms. The number of anilines is 1. The molecule has 1 aromatic carbocycles. The number of nitrogens with one attached hydrogen (secondary N) is 1. The Morgan fingerprint density at radius 2 is 1.95 bits per heavy atom. The molecule has 0 saturated heterocycles. The van der Waals surface area contributed by atoms with Gasteiger partial charge in [-0.3, -0.25) is 4.98 Å². The smallest absolute Gasteiger partial charge is 0.337 e. The van der Waals surface area contributed by atoms with Gasteiger partial charge in [0.2, 0.25) is 0 Å². The number of pyridine rings is 1. The number of para-hydroxylation sites is 1. The summed E-state index contributed by atoms with van der Waals surface area (Å²) in [4.78, 5) is 16.8. The molecular formula is C17H20N2O2. The van der Waals surface area contributed by atoms with Crippen LogP contribution >= 0.6 is 0 Å². The molecule has 2 rings (SSSR count). The van der Waals surface area contributed by atoms with E-state index in [0.29, 0.717) is 12.3 Å². The third kappa shape index (κ3) is 3.21. The molecule has 0 aliphatic rings. The minimum absolute atomic E-state index is 0.330. The lowest BCUT2D eigenvalue weighted by Crippen LogP contribution is -2.42. The van der Waals surface area contributed by atoms with E-state index in [-0.39, 0.29) is 5.97 Å². The summed E-state index contributed by atoms with van der Waals surface area (Å²) >= 11 is 0. The number of hydrogen-bond donors (Lipinski definition) is 1. The number of benzene rings is 1. The van der Waals surface area contributed by atoms with Crippen molar-refractivity contribution in [3.05, 3.63) is 59.9 Å². The summed E-state index contributed by atoms with van der Waals surface area (Å²) in [5.74, 6) is -0.341. The molecule has 1 heterocycles. The van der Waals surface area contributed by atoms with Crippen molar-refractivity contribution in [1.82, 2.24) is 4.98 Å². The Hall–Kier alpha value is -2.36. The highest BCUT2D eigenvalue weighted by atomic mass is 16.5. The topological polar surface area (TPSA) is 51.2 Å². The van der Waals surface area contributed by atoms with E-state index in [0.717, 1.165) is 11.3 Å². The second-order valence-electron chi connectivity index (χ2n) is 5.00. The molecule has 1 N–H and O–H groups in total. The van der Waals surface area contributed by atoms with E-state index in [1.165, 1.54) is 0 Å². The number of ether oxygens (including phenoxy) is 1. The molecule has 110 valence electrons. The summed E-state index contributed by atoms with van der Waals surface area (Å²) in [5.41, 5.74) is 1.55. The number of rotatable bonds is 5. The van der Waals surface area contributed by atoms with Crippen molar-refractivity contribution in [3.8, 4) is 0 Å². The first-order valence-corrected chi connectivity index (χ1v) is 7.00. The Labute approximate surface area is 125 Å². The monoisotopic (exact) mass is 284 g/mol. The number of carbonyl (C=O) groups excluding carboxylic acids is 1. The summed E-state index contributed by atoms with van der Waals surface area (Å²) in [6.45, 7) is 5.91. The van der Waals surface area contributed by atoms with Crippen LogP contribution in [-0.4, -0.2) is 17.6 Å². The summed E-state index contributed by atoms with van der Waals surface area (Å²) < 4.78 is 5.23. The van der Waals surface area contributed by atoms with Crippen molar-refractivity contribution < 1.29 is 9.53 Å². The standard InChI is InChI=1S/C17H20N2O2/c1-4-21-16(20)17(3,15-11-7-8-12-18-15)19-14-10-6-5-9-13(14)2/h5-12,19H,4H2,1-3H3. The molecule has 1 unspecified atom stereocenters. The summed E-state index contributed by atoms with van der Waals surface area (Å²) in [6.07, 6.45) is 1.67. The van der Waals surface area contributed by atoms with Crippen molar-refractivity contribution in [1.29, 1.82) is 0 Å². The van der Waals surface area contributed by atoms with Gasteiger partial charge in [-0.1, -0.05) is 24.3 Å². The van der Waals surface area contributed by atoms with Gasteiger partial charge in [0.05, 0.1) is 12.3 Å². The third-order valence-corrected chi connectivity index (χ3v) is 3.39. The number of esters is 1. The van der Waals surface area contributed by atoms with Crippen molar-refractivity contribution >= 4 is 11.7 Å². The minimum Gasteiger partial charge on any atom is -0.464 e. The first-order chi connectivity index (χ1) is 10.1. The van der Waals surface area contributed by atoms with Crippen LogP contribution < -0.4 is 5.32 Å². The van der Waals surface area contributed by atoms with Crippen LogP contribution in [0.2, 0.25) is 0 Å². The molecule has 0 radical (unpaired) electrons. The van der Waals surface area contributed by atoms with E-state index >= 15 is 0 Å². The van der Waals surface area contributed by atoms with Gasteiger partial charge in [0.25, 0.3) is 0 Å². The average molecular weight is 284 g/mol. The Morgan fingerprint density at radius 1 is 1.24 bits per heavy atom. The highest BCUT2D eigenvalue weighted by molar-refractivity contribution is 5.85. The highest BCUT2D eigenvalue weighted by Crippen LogP contribution is 2.27. The van der Waals surface area contributed by atoms with E-state index in [2.05, 4.69) is 10.3 Å². The molecule has 1 aromatic heterocycles. The second-order valence-corrected chi connectivity index (χ2v) is 5.00. The van der Waals surface area contributed by atoms with Crippen LogP contribution in [0.1, 0.15) is 25.1 Å². The lowest BCUT2D eigenvalue weighted by atomic mass is 9.96. The maximum atomic E-state index is 12.5. The van der Waals surface area contributed by atoms with Crippen LogP contribution in [0, 0.1) is 6.92 Å². The Balaban J connectivity index is 2.42. The van der Waals surface area contributed by atoms with Crippen LogP contribution in [0.3, 0.4) is 0 Å². The van der Waals surface area contributed by atoms with Gasteiger partial charge >= 0.3 is 5.97 Å². The predicted molar refractivity (Wildman–Crippen MR) is 83.0 cm³/mol. The average Bonchev–Trinajstić information content (AvgIpc) is 2.50. The fourth-order valence-corrected chi connectivity index (χ4v) is 2.14. The molecule has 4 heteroatoms. The Kier molecular flexibility index (Phi) is 4.58. The van der Waals surface area contributed by atoms with Gasteiger partial charge in [0.15, 0.2) is 5.54 Å². The maximum Gasteiger partial charge on any atom is 0.337 e. The maximum absolute atomic E-state index is 12.5. The Bertz CT molecular complexity index is 613. The molecule has 0 saturated carbocycles. The van der Waals surface area contributed by atoms with Gasteiger partial charge in [-0.25, -0.2) is 4.79 Å². The number of hydrogen-bond acceptors (Lipinski definition) is 4. The quantitative estimate of drug-likeness (QED) is 0.856. The van der Waals surface area contributed by atoms with Crippen molar-refractivity contribution in [3.63, 3.8) is 0 Å². The van der Waals surface area contributed by atoms with Crippen LogP contribution in [-0.2, 0) is 15.1 Å². The molecule has 2 aromatic rings. The van der Waals surface area contributed by atoms with E-state index in [9.17, 15) is 4.79 Å². The first kappa shape index (κ1) is 15.0. The zero-order chi connectivity index (χ0) is 15.3. The van der Waals surface area contributed by atoms with E-state index in [1.807, 2.05) is 49.4 Å². The van der Waals surface area contributed by atoms with Crippen molar-refractivity contribution in [2.24, 2.45) is 0 Å². The van der Waals surface area contributed by atoms with E-state index in [1.54, 1.807) is 20.0 Å². The largest absolute Gasteiger partial charge is 0.464 e. The number of aryl methyl sites for hydroxylation is 1. The van der Waals surface area contributed by atoms with Crippen LogP contribution in [0.4, 0.5) is 5.69 Å². The fourth-order valence-electron chi connectivity index (χ4n) is 2.14. The second kappa shape index (κ2) is 6.39.